The molecule has 2 rings (SSSR count). The lowest BCUT2D eigenvalue weighted by Gasteiger charge is -2.24. The highest BCUT2D eigenvalue weighted by Gasteiger charge is 2.18. The topological polar surface area (TPSA) is 68.0 Å². The summed E-state index contributed by atoms with van der Waals surface area (Å²) in [5.41, 5.74) is 0.935. The smallest absolute Gasteiger partial charge is 0.236 e. The minimum atomic E-state index is -0.302. The largest absolute Gasteiger partial charge is 0.351 e. The van der Waals surface area contributed by atoms with Crippen LogP contribution in [0.2, 0.25) is 0 Å². The lowest BCUT2D eigenvalue weighted by molar-refractivity contribution is -0.120. The average molecular weight is 351 g/mol. The first-order chi connectivity index (χ1) is 11.3. The van der Waals surface area contributed by atoms with Gasteiger partial charge in [-0.15, -0.1) is 11.8 Å². The van der Waals surface area contributed by atoms with Gasteiger partial charge in [0.15, 0.2) is 0 Å². The third-order valence-electron chi connectivity index (χ3n) is 3.72. The Morgan fingerprint density at radius 2 is 2.17 bits per heavy atom. The van der Waals surface area contributed by atoms with Gasteiger partial charge in [-0.25, -0.2) is 4.39 Å². The molecule has 0 aliphatic carbocycles. The van der Waals surface area contributed by atoms with E-state index in [-0.39, 0.29) is 17.3 Å². The Bertz CT molecular complexity index is 716. The first kappa shape index (κ1) is 18.4. The zero-order valence-electron chi connectivity index (χ0n) is 14.4. The standard InChI is InChI=1S/C17H22FN3O2S/c1-5-17(3,4)20-14(22)9-24-10-15-19-16(21-23-15)12-7-6-11(2)13(18)8-12/h6-8H,5,9-10H2,1-4H3,(H,20,22). The van der Waals surface area contributed by atoms with E-state index in [0.717, 1.165) is 6.42 Å². The number of aryl methyl sites for hydroxylation is 1. The van der Waals surface area contributed by atoms with Crippen molar-refractivity contribution in [2.24, 2.45) is 0 Å². The van der Waals surface area contributed by atoms with E-state index in [0.29, 0.717) is 34.3 Å². The summed E-state index contributed by atoms with van der Waals surface area (Å²) in [6, 6.07) is 4.81. The predicted octanol–water partition coefficient (Wildman–Crippen LogP) is 3.72. The van der Waals surface area contributed by atoms with Crippen molar-refractivity contribution in [3.8, 4) is 11.4 Å². The molecule has 1 aromatic heterocycles. The molecule has 0 fully saturated rings. The highest BCUT2D eigenvalue weighted by Crippen LogP contribution is 2.20. The van der Waals surface area contributed by atoms with Crippen LogP contribution >= 0.6 is 11.8 Å². The molecule has 1 aromatic carbocycles. The number of benzene rings is 1. The van der Waals surface area contributed by atoms with Crippen LogP contribution in [0.1, 0.15) is 38.6 Å². The molecule has 0 aliphatic rings. The van der Waals surface area contributed by atoms with Gasteiger partial charge in [-0.3, -0.25) is 4.79 Å². The number of nitrogens with one attached hydrogen (secondary N) is 1. The van der Waals surface area contributed by atoms with Crippen molar-refractivity contribution >= 4 is 17.7 Å². The van der Waals surface area contributed by atoms with Gasteiger partial charge in [-0.1, -0.05) is 24.2 Å². The van der Waals surface area contributed by atoms with Crippen LogP contribution in [-0.2, 0) is 10.5 Å². The number of halogens is 1. The van der Waals surface area contributed by atoms with E-state index in [4.69, 9.17) is 4.52 Å². The summed E-state index contributed by atoms with van der Waals surface area (Å²) in [6.45, 7) is 7.70. The second-order valence-electron chi connectivity index (χ2n) is 6.25. The maximum absolute atomic E-state index is 13.6. The Morgan fingerprint density at radius 3 is 2.83 bits per heavy atom. The van der Waals surface area contributed by atoms with Gasteiger partial charge < -0.3 is 9.84 Å². The number of aromatic nitrogens is 2. The van der Waals surface area contributed by atoms with Crippen molar-refractivity contribution in [3.05, 3.63) is 35.5 Å². The minimum Gasteiger partial charge on any atom is -0.351 e. The van der Waals surface area contributed by atoms with Gasteiger partial charge >= 0.3 is 0 Å². The zero-order chi connectivity index (χ0) is 17.7. The molecule has 0 atom stereocenters. The van der Waals surface area contributed by atoms with Crippen LogP contribution in [0.25, 0.3) is 11.4 Å². The molecule has 0 spiro atoms. The van der Waals surface area contributed by atoms with Crippen molar-refractivity contribution in [1.29, 1.82) is 0 Å². The number of amides is 1. The Labute approximate surface area is 145 Å². The van der Waals surface area contributed by atoms with Gasteiger partial charge in [0.25, 0.3) is 0 Å². The van der Waals surface area contributed by atoms with Crippen LogP contribution in [0.3, 0.4) is 0 Å². The average Bonchev–Trinajstić information content (AvgIpc) is 2.98. The van der Waals surface area contributed by atoms with E-state index in [9.17, 15) is 9.18 Å². The Balaban J connectivity index is 1.88. The third kappa shape index (κ3) is 5.06. The Kier molecular flexibility index (Phi) is 5.99. The number of hydrogen-bond acceptors (Lipinski definition) is 5. The lowest BCUT2D eigenvalue weighted by Crippen LogP contribution is -2.43. The first-order valence-corrected chi connectivity index (χ1v) is 8.94. The molecule has 1 N–H and O–H groups in total. The molecule has 0 saturated heterocycles. The second-order valence-corrected chi connectivity index (χ2v) is 7.24. The third-order valence-corrected chi connectivity index (χ3v) is 4.64. The monoisotopic (exact) mass is 351 g/mol. The molecule has 5 nitrogen and oxygen atoms in total. The van der Waals surface area contributed by atoms with E-state index in [2.05, 4.69) is 15.5 Å². The highest BCUT2D eigenvalue weighted by atomic mass is 32.2. The van der Waals surface area contributed by atoms with Crippen LogP contribution in [0.4, 0.5) is 4.39 Å². The Hall–Kier alpha value is -1.89. The number of hydrogen-bond donors (Lipinski definition) is 1. The molecule has 0 unspecified atom stereocenters. The molecule has 24 heavy (non-hydrogen) atoms. The summed E-state index contributed by atoms with van der Waals surface area (Å²) >= 11 is 1.40. The molecule has 7 heteroatoms. The summed E-state index contributed by atoms with van der Waals surface area (Å²) < 4.78 is 18.7. The van der Waals surface area contributed by atoms with Crippen molar-refractivity contribution in [2.45, 2.75) is 45.4 Å². The Morgan fingerprint density at radius 1 is 1.42 bits per heavy atom. The minimum absolute atomic E-state index is 0.0211. The molecular formula is C17H22FN3O2S. The van der Waals surface area contributed by atoms with Gasteiger partial charge in [0.05, 0.1) is 11.5 Å². The molecule has 0 saturated carbocycles. The van der Waals surface area contributed by atoms with Crippen LogP contribution < -0.4 is 5.32 Å². The van der Waals surface area contributed by atoms with E-state index >= 15 is 0 Å². The maximum atomic E-state index is 13.6. The van der Waals surface area contributed by atoms with Crippen LogP contribution in [0.5, 0.6) is 0 Å². The van der Waals surface area contributed by atoms with Crippen molar-refractivity contribution in [2.75, 3.05) is 5.75 Å². The number of thioether (sulfide) groups is 1. The first-order valence-electron chi connectivity index (χ1n) is 7.78. The summed E-state index contributed by atoms with van der Waals surface area (Å²) in [4.78, 5) is 16.1. The van der Waals surface area contributed by atoms with Gasteiger partial charge in [-0.05, 0) is 38.8 Å². The second kappa shape index (κ2) is 7.79. The number of carbonyl (C=O) groups excluding carboxylic acids is 1. The van der Waals surface area contributed by atoms with E-state index in [1.165, 1.54) is 17.8 Å². The number of rotatable bonds is 7. The zero-order valence-corrected chi connectivity index (χ0v) is 15.2. The quantitative estimate of drug-likeness (QED) is 0.823. The molecule has 130 valence electrons. The predicted molar refractivity (Wildman–Crippen MR) is 93.1 cm³/mol. The summed E-state index contributed by atoms with van der Waals surface area (Å²) in [7, 11) is 0. The normalized spacial score (nSPS) is 11.5. The lowest BCUT2D eigenvalue weighted by atomic mass is 10.0. The van der Waals surface area contributed by atoms with Gasteiger partial charge in [0.2, 0.25) is 17.6 Å². The molecule has 0 bridgehead atoms. The molecule has 0 radical (unpaired) electrons. The number of carbonyl (C=O) groups is 1. The molecule has 0 aliphatic heterocycles. The van der Waals surface area contributed by atoms with Crippen molar-refractivity contribution < 1.29 is 13.7 Å². The van der Waals surface area contributed by atoms with Crippen molar-refractivity contribution in [3.63, 3.8) is 0 Å². The SMILES string of the molecule is CCC(C)(C)NC(=O)CSCc1nc(-c2ccc(C)c(F)c2)no1. The van der Waals surface area contributed by atoms with Crippen LogP contribution in [-0.4, -0.2) is 27.3 Å². The van der Waals surface area contributed by atoms with Gasteiger partial charge in [-0.2, -0.15) is 4.98 Å². The van der Waals surface area contributed by atoms with E-state index in [1.54, 1.807) is 19.1 Å². The maximum Gasteiger partial charge on any atom is 0.236 e. The number of nitrogens with zero attached hydrogens (tertiary/aromatic N) is 2. The van der Waals surface area contributed by atoms with E-state index < -0.39 is 0 Å². The fourth-order valence-electron chi connectivity index (χ4n) is 1.90. The summed E-state index contributed by atoms with van der Waals surface area (Å²) in [6.07, 6.45) is 0.865. The summed E-state index contributed by atoms with van der Waals surface area (Å²) in [5.74, 6) is 1.19. The van der Waals surface area contributed by atoms with Gasteiger partial charge in [0, 0.05) is 11.1 Å². The van der Waals surface area contributed by atoms with Crippen molar-refractivity contribution in [1.82, 2.24) is 15.5 Å². The van der Waals surface area contributed by atoms with Crippen LogP contribution in [0.15, 0.2) is 22.7 Å². The molecule has 1 heterocycles. The molecule has 1 amide bonds. The van der Waals surface area contributed by atoms with E-state index in [1.807, 2.05) is 20.8 Å². The van der Waals surface area contributed by atoms with Gasteiger partial charge in [0.1, 0.15) is 5.82 Å². The fraction of sp³-hybridized carbons (Fsp3) is 0.471. The highest BCUT2D eigenvalue weighted by molar-refractivity contribution is 7.99. The summed E-state index contributed by atoms with van der Waals surface area (Å²) in [5, 5.41) is 6.83. The molecular weight excluding hydrogens is 329 g/mol. The fourth-order valence-corrected chi connectivity index (χ4v) is 2.55. The van der Waals surface area contributed by atoms with Crippen LogP contribution in [0, 0.1) is 12.7 Å². The molecule has 2 aromatic rings.